The Morgan fingerprint density at radius 2 is 1.85 bits per heavy atom. The largest absolute Gasteiger partial charge is 0.478 e. The number of carboxylic acids is 1. The smallest absolute Gasteiger partial charge is 0.347 e. The van der Waals surface area contributed by atoms with Crippen LogP contribution in [0.3, 0.4) is 0 Å². The van der Waals surface area contributed by atoms with E-state index >= 15 is 0 Å². The topological polar surface area (TPSA) is 63.6 Å². The number of ketones is 1. The quantitative estimate of drug-likeness (QED) is 0.403. The number of carbonyl (C=O) groups excluding carboxylic acids is 1. The predicted octanol–water partition coefficient (Wildman–Crippen LogP) is 7.23. The van der Waals surface area contributed by atoms with Crippen LogP contribution in [0.1, 0.15) is 74.9 Å². The molecule has 4 nitrogen and oxygen atoms in total. The molecule has 0 aromatic heterocycles. The molecule has 0 radical (unpaired) electrons. The van der Waals surface area contributed by atoms with Gasteiger partial charge in [0.15, 0.2) is 11.4 Å². The highest BCUT2D eigenvalue weighted by molar-refractivity contribution is 6.09. The molecular formula is C30H34O4. The maximum Gasteiger partial charge on any atom is 0.347 e. The molecule has 1 atom stereocenters. The van der Waals surface area contributed by atoms with Crippen molar-refractivity contribution in [3.63, 3.8) is 0 Å². The molecular weight excluding hydrogens is 424 g/mol. The van der Waals surface area contributed by atoms with Gasteiger partial charge in [0.2, 0.25) is 0 Å². The van der Waals surface area contributed by atoms with Crippen LogP contribution in [0.4, 0.5) is 0 Å². The summed E-state index contributed by atoms with van der Waals surface area (Å²) in [7, 11) is 0. The third kappa shape index (κ3) is 6.57. The van der Waals surface area contributed by atoms with E-state index in [4.69, 9.17) is 4.74 Å². The van der Waals surface area contributed by atoms with Crippen LogP contribution in [0.2, 0.25) is 0 Å². The molecule has 1 aliphatic carbocycles. The van der Waals surface area contributed by atoms with Crippen LogP contribution < -0.4 is 4.74 Å². The first kappa shape index (κ1) is 25.2. The number of benzene rings is 2. The molecule has 0 saturated heterocycles. The Labute approximate surface area is 202 Å². The van der Waals surface area contributed by atoms with Crippen molar-refractivity contribution in [2.24, 2.45) is 5.92 Å². The normalized spacial score (nSPS) is 16.4. The van der Waals surface area contributed by atoms with E-state index < -0.39 is 11.6 Å². The van der Waals surface area contributed by atoms with Gasteiger partial charge in [0.25, 0.3) is 0 Å². The van der Waals surface area contributed by atoms with Gasteiger partial charge < -0.3 is 9.84 Å². The number of rotatable bonds is 9. The minimum absolute atomic E-state index is 0.0997. The maximum absolute atomic E-state index is 13.1. The summed E-state index contributed by atoms with van der Waals surface area (Å²) in [6.07, 6.45) is 9.85. The maximum atomic E-state index is 13.1. The molecule has 1 unspecified atom stereocenters. The van der Waals surface area contributed by atoms with Gasteiger partial charge in [0, 0.05) is 11.1 Å². The zero-order chi connectivity index (χ0) is 24.9. The minimum Gasteiger partial charge on any atom is -0.478 e. The SMILES string of the molecule is CC1=CC(C/C=C/c2cccc(OC(C)(C)C(=O)O)c2)CC(C(=O)c2ccc(C(C)C)cc2)=C1. The summed E-state index contributed by atoms with van der Waals surface area (Å²) in [6, 6.07) is 15.3. The van der Waals surface area contributed by atoms with Crippen LogP contribution in [0.25, 0.3) is 6.08 Å². The number of allylic oxidation sites excluding steroid dienone is 5. The first-order valence-corrected chi connectivity index (χ1v) is 11.8. The number of ether oxygens (including phenoxy) is 1. The lowest BCUT2D eigenvalue weighted by Gasteiger charge is -2.21. The summed E-state index contributed by atoms with van der Waals surface area (Å²) in [5, 5.41) is 9.27. The molecule has 0 bridgehead atoms. The van der Waals surface area contributed by atoms with E-state index in [0.717, 1.165) is 28.7 Å². The molecule has 34 heavy (non-hydrogen) atoms. The Kier molecular flexibility index (Phi) is 7.93. The van der Waals surface area contributed by atoms with Crippen molar-refractivity contribution in [2.45, 2.75) is 59.0 Å². The molecule has 0 saturated carbocycles. The molecule has 4 heteroatoms. The molecule has 178 valence electrons. The first-order valence-electron chi connectivity index (χ1n) is 11.8. The van der Waals surface area contributed by atoms with E-state index in [1.54, 1.807) is 6.07 Å². The van der Waals surface area contributed by atoms with E-state index in [1.165, 1.54) is 19.4 Å². The molecule has 1 aliphatic rings. The summed E-state index contributed by atoms with van der Waals surface area (Å²) in [5.41, 5.74) is 3.57. The van der Waals surface area contributed by atoms with Crippen LogP contribution in [0, 0.1) is 5.92 Å². The van der Waals surface area contributed by atoms with E-state index in [9.17, 15) is 14.7 Å². The van der Waals surface area contributed by atoms with Gasteiger partial charge in [-0.3, -0.25) is 4.79 Å². The van der Waals surface area contributed by atoms with Gasteiger partial charge in [0.05, 0.1) is 0 Å². The molecule has 0 heterocycles. The summed E-state index contributed by atoms with van der Waals surface area (Å²) in [6.45, 7) is 9.39. The summed E-state index contributed by atoms with van der Waals surface area (Å²) < 4.78 is 5.63. The number of hydrogen-bond acceptors (Lipinski definition) is 3. The van der Waals surface area contributed by atoms with Crippen LogP contribution in [0.5, 0.6) is 5.75 Å². The first-order chi connectivity index (χ1) is 16.0. The van der Waals surface area contributed by atoms with E-state index in [1.807, 2.05) is 61.5 Å². The second-order valence-electron chi connectivity index (χ2n) is 9.78. The van der Waals surface area contributed by atoms with Gasteiger partial charge in [-0.05, 0) is 68.7 Å². The van der Waals surface area contributed by atoms with Crippen molar-refractivity contribution in [1.29, 1.82) is 0 Å². The van der Waals surface area contributed by atoms with Gasteiger partial charge in [-0.2, -0.15) is 0 Å². The molecule has 3 rings (SSSR count). The van der Waals surface area contributed by atoms with Crippen molar-refractivity contribution in [2.75, 3.05) is 0 Å². The minimum atomic E-state index is -1.29. The lowest BCUT2D eigenvalue weighted by molar-refractivity contribution is -0.152. The van der Waals surface area contributed by atoms with Gasteiger partial charge in [-0.15, -0.1) is 0 Å². The monoisotopic (exact) mass is 458 g/mol. The Balaban J connectivity index is 1.64. The summed E-state index contributed by atoms with van der Waals surface area (Å²) >= 11 is 0. The second-order valence-corrected chi connectivity index (χ2v) is 9.78. The third-order valence-electron chi connectivity index (χ3n) is 6.01. The van der Waals surface area contributed by atoms with Crippen LogP contribution in [0.15, 0.2) is 77.9 Å². The van der Waals surface area contributed by atoms with Crippen molar-refractivity contribution in [3.8, 4) is 5.75 Å². The number of Topliss-reactive ketones (excluding diaryl/α,β-unsaturated/α-hetero) is 1. The molecule has 0 aliphatic heterocycles. The molecule has 1 N–H and O–H groups in total. The average molecular weight is 459 g/mol. The predicted molar refractivity (Wildman–Crippen MR) is 137 cm³/mol. The number of aliphatic carboxylic acids is 1. The molecule has 2 aromatic rings. The number of hydrogen-bond donors (Lipinski definition) is 1. The molecule has 0 amide bonds. The summed E-state index contributed by atoms with van der Waals surface area (Å²) in [5.74, 6) is 0.294. The van der Waals surface area contributed by atoms with Crippen molar-refractivity contribution in [1.82, 2.24) is 0 Å². The van der Waals surface area contributed by atoms with Gasteiger partial charge in [-0.25, -0.2) is 4.79 Å². The van der Waals surface area contributed by atoms with Crippen molar-refractivity contribution >= 4 is 17.8 Å². The molecule has 0 spiro atoms. The second kappa shape index (κ2) is 10.7. The van der Waals surface area contributed by atoms with Gasteiger partial charge in [0.1, 0.15) is 5.75 Å². The number of carbonyl (C=O) groups is 2. The highest BCUT2D eigenvalue weighted by atomic mass is 16.5. The molecule has 0 fully saturated rings. The third-order valence-corrected chi connectivity index (χ3v) is 6.01. The van der Waals surface area contributed by atoms with E-state index in [2.05, 4.69) is 26.0 Å². The standard InChI is InChI=1S/C30H34O4/c1-20(2)24-12-14-25(15-13-24)28(31)26-17-21(3)16-23(18-26)10-6-8-22-9-7-11-27(19-22)34-30(4,5)29(32)33/h6-9,11-17,19-20,23H,10,18H2,1-5H3,(H,32,33)/b8-6+. The van der Waals surface area contributed by atoms with Crippen LogP contribution in [-0.2, 0) is 4.79 Å². The molecule has 2 aromatic carbocycles. The van der Waals surface area contributed by atoms with Crippen LogP contribution >= 0.6 is 0 Å². The Hall–Kier alpha value is -3.40. The average Bonchev–Trinajstić information content (AvgIpc) is 2.78. The van der Waals surface area contributed by atoms with Gasteiger partial charge in [-0.1, -0.05) is 80.1 Å². The fraction of sp³-hybridized carbons (Fsp3) is 0.333. The number of carboxylic acid groups (broad SMARTS) is 1. The Bertz CT molecular complexity index is 1130. The highest BCUT2D eigenvalue weighted by Gasteiger charge is 2.29. The van der Waals surface area contributed by atoms with Crippen molar-refractivity contribution in [3.05, 3.63) is 94.6 Å². The fourth-order valence-corrected chi connectivity index (χ4v) is 4.01. The lowest BCUT2D eigenvalue weighted by atomic mass is 9.85. The zero-order valence-corrected chi connectivity index (χ0v) is 20.7. The fourth-order valence-electron chi connectivity index (χ4n) is 4.01. The van der Waals surface area contributed by atoms with E-state index in [0.29, 0.717) is 18.1 Å². The van der Waals surface area contributed by atoms with Crippen molar-refractivity contribution < 1.29 is 19.4 Å². The van der Waals surface area contributed by atoms with E-state index in [-0.39, 0.29) is 11.7 Å². The van der Waals surface area contributed by atoms with Gasteiger partial charge >= 0.3 is 5.97 Å². The highest BCUT2D eigenvalue weighted by Crippen LogP contribution is 2.29. The Morgan fingerprint density at radius 1 is 1.15 bits per heavy atom. The Morgan fingerprint density at radius 3 is 2.50 bits per heavy atom. The lowest BCUT2D eigenvalue weighted by Crippen LogP contribution is -2.37. The zero-order valence-electron chi connectivity index (χ0n) is 20.7. The summed E-state index contributed by atoms with van der Waals surface area (Å²) in [4.78, 5) is 24.4. The van der Waals surface area contributed by atoms with Crippen LogP contribution in [-0.4, -0.2) is 22.5 Å².